The minimum absolute atomic E-state index is 0.0286. The van der Waals surface area contributed by atoms with Gasteiger partial charge in [-0.2, -0.15) is 0 Å². The molecular weight excluding hydrogens is 232 g/mol. The van der Waals surface area contributed by atoms with Gasteiger partial charge in [-0.15, -0.1) is 0 Å². The summed E-state index contributed by atoms with van der Waals surface area (Å²) in [7, 11) is 0. The molecule has 0 bridgehead atoms. The van der Waals surface area contributed by atoms with Gasteiger partial charge in [-0.05, 0) is 25.8 Å². The van der Waals surface area contributed by atoms with Gasteiger partial charge in [-0.1, -0.05) is 18.2 Å². The number of ether oxygens (including phenoxy) is 2. The van der Waals surface area contributed by atoms with Crippen LogP contribution in [0.1, 0.15) is 31.2 Å². The first-order chi connectivity index (χ1) is 8.68. The summed E-state index contributed by atoms with van der Waals surface area (Å²) >= 11 is 0. The minimum atomic E-state index is -0.842. The second-order valence-electron chi connectivity index (χ2n) is 4.55. The van der Waals surface area contributed by atoms with Gasteiger partial charge in [0.15, 0.2) is 0 Å². The Morgan fingerprint density at radius 1 is 1.50 bits per heavy atom. The second kappa shape index (κ2) is 5.87. The fraction of sp³-hybridized carbons (Fsp3) is 0.500. The number of carboxylic acid groups (broad SMARTS) is 1. The molecule has 0 amide bonds. The highest BCUT2D eigenvalue weighted by Gasteiger charge is 2.21. The Balaban J connectivity index is 2.13. The number of carbonyl (C=O) groups is 1. The summed E-state index contributed by atoms with van der Waals surface area (Å²) in [5.74, 6) is -0.750. The Morgan fingerprint density at radius 3 is 2.94 bits per heavy atom. The van der Waals surface area contributed by atoms with Gasteiger partial charge in [0.05, 0.1) is 12.5 Å². The lowest BCUT2D eigenvalue weighted by atomic mass is 10.0. The van der Waals surface area contributed by atoms with Crippen molar-refractivity contribution in [3.8, 4) is 5.75 Å². The van der Waals surface area contributed by atoms with Crippen LogP contribution < -0.4 is 4.74 Å². The smallest absolute Gasteiger partial charge is 0.310 e. The quantitative estimate of drug-likeness (QED) is 0.891. The highest BCUT2D eigenvalue weighted by atomic mass is 16.5. The molecule has 1 aromatic rings. The molecule has 1 aromatic carbocycles. The van der Waals surface area contributed by atoms with Crippen LogP contribution >= 0.6 is 0 Å². The Hall–Kier alpha value is -1.55. The van der Waals surface area contributed by atoms with Crippen molar-refractivity contribution in [3.63, 3.8) is 0 Å². The van der Waals surface area contributed by atoms with E-state index < -0.39 is 11.9 Å². The van der Waals surface area contributed by atoms with E-state index in [1.54, 1.807) is 13.0 Å². The molecule has 1 aliphatic heterocycles. The molecule has 0 spiro atoms. The van der Waals surface area contributed by atoms with Crippen LogP contribution in [0.2, 0.25) is 0 Å². The van der Waals surface area contributed by atoms with Crippen LogP contribution in [0.3, 0.4) is 0 Å². The van der Waals surface area contributed by atoms with Crippen molar-refractivity contribution in [2.24, 2.45) is 0 Å². The van der Waals surface area contributed by atoms with Gasteiger partial charge in [0.2, 0.25) is 0 Å². The molecule has 1 N–H and O–H groups in total. The van der Waals surface area contributed by atoms with E-state index in [1.165, 1.54) is 0 Å². The lowest BCUT2D eigenvalue weighted by molar-refractivity contribution is -0.138. The van der Waals surface area contributed by atoms with E-state index in [0.29, 0.717) is 12.4 Å². The molecule has 0 saturated carbocycles. The van der Waals surface area contributed by atoms with Crippen LogP contribution in [0.5, 0.6) is 5.75 Å². The maximum Gasteiger partial charge on any atom is 0.310 e. The second-order valence-corrected chi connectivity index (χ2v) is 4.55. The fourth-order valence-corrected chi connectivity index (χ4v) is 2.06. The van der Waals surface area contributed by atoms with Crippen molar-refractivity contribution in [1.29, 1.82) is 0 Å². The molecule has 1 aliphatic rings. The molecule has 18 heavy (non-hydrogen) atoms. The van der Waals surface area contributed by atoms with Gasteiger partial charge in [-0.3, -0.25) is 4.79 Å². The molecule has 2 unspecified atom stereocenters. The number of aliphatic carboxylic acids is 1. The van der Waals surface area contributed by atoms with Crippen LogP contribution in [0.4, 0.5) is 0 Å². The Kier molecular flexibility index (Phi) is 4.20. The normalized spacial score (nSPS) is 21.3. The summed E-state index contributed by atoms with van der Waals surface area (Å²) < 4.78 is 11.2. The zero-order valence-corrected chi connectivity index (χ0v) is 10.5. The molecule has 1 saturated heterocycles. The third-order valence-corrected chi connectivity index (χ3v) is 3.17. The van der Waals surface area contributed by atoms with Gasteiger partial charge < -0.3 is 14.6 Å². The summed E-state index contributed by atoms with van der Waals surface area (Å²) in [5, 5.41) is 9.09. The van der Waals surface area contributed by atoms with E-state index in [4.69, 9.17) is 14.6 Å². The summed E-state index contributed by atoms with van der Waals surface area (Å²) in [6.07, 6.45) is 1.97. The van der Waals surface area contributed by atoms with Crippen molar-refractivity contribution in [1.82, 2.24) is 0 Å². The number of carboxylic acids is 1. The molecule has 1 fully saturated rings. The number of benzene rings is 1. The summed E-state index contributed by atoms with van der Waals surface area (Å²) in [4.78, 5) is 11.1. The van der Waals surface area contributed by atoms with Gasteiger partial charge in [0.1, 0.15) is 11.9 Å². The standard InChI is InChI=1S/C14H18O4/c1-10(14(15)16)12-6-2-3-7-13(12)18-11-5-4-8-17-9-11/h2-3,6-7,10-11H,4-5,8-9H2,1H3,(H,15,16). The van der Waals surface area contributed by atoms with Crippen LogP contribution in [-0.4, -0.2) is 30.4 Å². The van der Waals surface area contributed by atoms with Gasteiger partial charge >= 0.3 is 5.97 Å². The molecule has 2 rings (SSSR count). The third-order valence-electron chi connectivity index (χ3n) is 3.17. The average Bonchev–Trinajstić information content (AvgIpc) is 2.39. The molecule has 2 atom stereocenters. The Bertz CT molecular complexity index is 410. The summed E-state index contributed by atoms with van der Waals surface area (Å²) in [6, 6.07) is 7.32. The molecule has 0 aromatic heterocycles. The number of para-hydroxylation sites is 1. The van der Waals surface area contributed by atoms with Crippen molar-refractivity contribution >= 4 is 5.97 Å². The van der Waals surface area contributed by atoms with E-state index in [2.05, 4.69) is 0 Å². The van der Waals surface area contributed by atoms with Crippen LogP contribution in [-0.2, 0) is 9.53 Å². The summed E-state index contributed by atoms with van der Waals surface area (Å²) in [5.41, 5.74) is 0.718. The van der Waals surface area contributed by atoms with Gasteiger partial charge in [0, 0.05) is 12.2 Å². The zero-order valence-electron chi connectivity index (χ0n) is 10.5. The highest BCUT2D eigenvalue weighted by molar-refractivity contribution is 5.76. The van der Waals surface area contributed by atoms with E-state index in [0.717, 1.165) is 25.0 Å². The van der Waals surface area contributed by atoms with Crippen molar-refractivity contribution < 1.29 is 19.4 Å². The zero-order chi connectivity index (χ0) is 13.0. The molecule has 1 heterocycles. The number of hydrogen-bond donors (Lipinski definition) is 1. The van der Waals surface area contributed by atoms with E-state index in [1.807, 2.05) is 18.2 Å². The molecule has 0 aliphatic carbocycles. The number of rotatable bonds is 4. The third kappa shape index (κ3) is 3.01. The fourth-order valence-electron chi connectivity index (χ4n) is 2.06. The topological polar surface area (TPSA) is 55.8 Å². The summed E-state index contributed by atoms with van der Waals surface area (Å²) in [6.45, 7) is 3.03. The van der Waals surface area contributed by atoms with Crippen molar-refractivity contribution in [2.45, 2.75) is 31.8 Å². The first-order valence-corrected chi connectivity index (χ1v) is 6.24. The number of hydrogen-bond acceptors (Lipinski definition) is 3. The van der Waals surface area contributed by atoms with E-state index in [9.17, 15) is 4.79 Å². The highest BCUT2D eigenvalue weighted by Crippen LogP contribution is 2.28. The maximum absolute atomic E-state index is 11.1. The van der Waals surface area contributed by atoms with Gasteiger partial charge in [-0.25, -0.2) is 0 Å². The van der Waals surface area contributed by atoms with E-state index >= 15 is 0 Å². The molecular formula is C14H18O4. The van der Waals surface area contributed by atoms with Crippen LogP contribution in [0.15, 0.2) is 24.3 Å². The molecule has 0 radical (unpaired) electrons. The molecule has 4 heteroatoms. The SMILES string of the molecule is CC(C(=O)O)c1ccccc1OC1CCCOC1. The van der Waals surface area contributed by atoms with Crippen molar-refractivity contribution in [3.05, 3.63) is 29.8 Å². The van der Waals surface area contributed by atoms with Crippen LogP contribution in [0.25, 0.3) is 0 Å². The largest absolute Gasteiger partial charge is 0.488 e. The first-order valence-electron chi connectivity index (χ1n) is 6.24. The average molecular weight is 250 g/mol. The minimum Gasteiger partial charge on any atom is -0.488 e. The monoisotopic (exact) mass is 250 g/mol. The van der Waals surface area contributed by atoms with Crippen molar-refractivity contribution in [2.75, 3.05) is 13.2 Å². The lowest BCUT2D eigenvalue weighted by Gasteiger charge is -2.25. The Morgan fingerprint density at radius 2 is 2.28 bits per heavy atom. The predicted molar refractivity (Wildman–Crippen MR) is 67.0 cm³/mol. The van der Waals surface area contributed by atoms with Gasteiger partial charge in [0.25, 0.3) is 0 Å². The van der Waals surface area contributed by atoms with E-state index in [-0.39, 0.29) is 6.10 Å². The first kappa shape index (κ1) is 12.9. The Labute approximate surface area is 107 Å². The predicted octanol–water partition coefficient (Wildman–Crippen LogP) is 2.43. The molecule has 98 valence electrons. The maximum atomic E-state index is 11.1. The van der Waals surface area contributed by atoms with Crippen LogP contribution in [0, 0.1) is 0 Å². The molecule has 4 nitrogen and oxygen atoms in total. The lowest BCUT2D eigenvalue weighted by Crippen LogP contribution is -2.28.